The minimum absolute atomic E-state index is 0.339. The molecule has 1 fully saturated rings. The molecule has 0 bridgehead atoms. The van der Waals surface area contributed by atoms with E-state index in [2.05, 4.69) is 87.2 Å². The van der Waals surface area contributed by atoms with Gasteiger partial charge in [0.1, 0.15) is 0 Å². The Hall–Kier alpha value is -1.93. The molecule has 0 radical (unpaired) electrons. The number of nitrogens with zero attached hydrogens (tertiary/aromatic N) is 3. The number of benzene rings is 1. The molecule has 2 heterocycles. The van der Waals surface area contributed by atoms with Crippen molar-refractivity contribution < 1.29 is 4.74 Å². The van der Waals surface area contributed by atoms with E-state index in [0.717, 1.165) is 51.9 Å². The van der Waals surface area contributed by atoms with Crippen LogP contribution in [0.2, 0.25) is 0 Å². The molecule has 30 heavy (non-hydrogen) atoms. The highest BCUT2D eigenvalue weighted by molar-refractivity contribution is 7.10. The van der Waals surface area contributed by atoms with E-state index in [9.17, 15) is 0 Å². The molecule has 1 aliphatic rings. The lowest BCUT2D eigenvalue weighted by molar-refractivity contribution is 0.0177. The Kier molecular flexibility index (Phi) is 9.14. The fourth-order valence-corrected chi connectivity index (χ4v) is 4.48. The molecular formula is C23H35N5OS. The monoisotopic (exact) mass is 429 g/mol. The van der Waals surface area contributed by atoms with Crippen LogP contribution in [0.25, 0.3) is 0 Å². The fourth-order valence-electron chi connectivity index (χ4n) is 3.62. The molecule has 0 saturated carbocycles. The van der Waals surface area contributed by atoms with Gasteiger partial charge in [0.05, 0.1) is 19.3 Å². The average Bonchev–Trinajstić information content (AvgIpc) is 3.31. The SMILES string of the molecule is CN=C(NCC(C)N(C)Cc1ccccc1)NCC(c1cccs1)N1CCOCC1. The van der Waals surface area contributed by atoms with Crippen LogP contribution >= 0.6 is 11.3 Å². The molecular weight excluding hydrogens is 394 g/mol. The summed E-state index contributed by atoms with van der Waals surface area (Å²) in [6.45, 7) is 8.40. The Morgan fingerprint density at radius 2 is 1.87 bits per heavy atom. The highest BCUT2D eigenvalue weighted by Gasteiger charge is 2.23. The van der Waals surface area contributed by atoms with E-state index in [-0.39, 0.29) is 0 Å². The van der Waals surface area contributed by atoms with E-state index in [4.69, 9.17) is 4.74 Å². The molecule has 1 aromatic carbocycles. The molecule has 1 aliphatic heterocycles. The highest BCUT2D eigenvalue weighted by Crippen LogP contribution is 2.25. The van der Waals surface area contributed by atoms with Crippen molar-refractivity contribution in [2.45, 2.75) is 25.6 Å². The summed E-state index contributed by atoms with van der Waals surface area (Å²) in [4.78, 5) is 10.7. The Labute approximate surface area is 184 Å². The van der Waals surface area contributed by atoms with Gasteiger partial charge in [0.15, 0.2) is 5.96 Å². The lowest BCUT2D eigenvalue weighted by Crippen LogP contribution is -2.48. The van der Waals surface area contributed by atoms with Gasteiger partial charge in [0.2, 0.25) is 0 Å². The number of rotatable bonds is 9. The zero-order valence-corrected chi connectivity index (χ0v) is 19.2. The smallest absolute Gasteiger partial charge is 0.191 e. The maximum absolute atomic E-state index is 5.54. The first kappa shape index (κ1) is 22.7. The summed E-state index contributed by atoms with van der Waals surface area (Å²) in [5.74, 6) is 0.852. The molecule has 164 valence electrons. The molecule has 1 aromatic heterocycles. The van der Waals surface area contributed by atoms with Crippen LogP contribution in [0.5, 0.6) is 0 Å². The van der Waals surface area contributed by atoms with Gasteiger partial charge in [-0.1, -0.05) is 36.4 Å². The molecule has 3 rings (SSSR count). The molecule has 0 aliphatic carbocycles. The summed E-state index contributed by atoms with van der Waals surface area (Å²) < 4.78 is 5.54. The maximum Gasteiger partial charge on any atom is 0.191 e. The van der Waals surface area contributed by atoms with E-state index in [1.54, 1.807) is 0 Å². The second kappa shape index (κ2) is 12.1. The fraction of sp³-hybridized carbons (Fsp3) is 0.522. The largest absolute Gasteiger partial charge is 0.379 e. The normalized spacial score (nSPS) is 17.7. The predicted octanol–water partition coefficient (Wildman–Crippen LogP) is 2.81. The van der Waals surface area contributed by atoms with Crippen molar-refractivity contribution in [3.05, 3.63) is 58.3 Å². The molecule has 1 saturated heterocycles. The third kappa shape index (κ3) is 6.80. The van der Waals surface area contributed by atoms with Crippen molar-refractivity contribution in [3.63, 3.8) is 0 Å². The van der Waals surface area contributed by atoms with Crippen LogP contribution in [-0.4, -0.2) is 75.3 Å². The lowest BCUT2D eigenvalue weighted by Gasteiger charge is -2.34. The average molecular weight is 430 g/mol. The topological polar surface area (TPSA) is 52.1 Å². The van der Waals surface area contributed by atoms with Crippen LogP contribution in [0.4, 0.5) is 0 Å². The zero-order valence-electron chi connectivity index (χ0n) is 18.4. The number of nitrogens with one attached hydrogen (secondary N) is 2. The highest BCUT2D eigenvalue weighted by atomic mass is 32.1. The Balaban J connectivity index is 1.49. The van der Waals surface area contributed by atoms with Crippen molar-refractivity contribution >= 4 is 17.3 Å². The Morgan fingerprint density at radius 3 is 2.53 bits per heavy atom. The van der Waals surface area contributed by atoms with Crippen molar-refractivity contribution in [1.29, 1.82) is 0 Å². The van der Waals surface area contributed by atoms with E-state index in [0.29, 0.717) is 12.1 Å². The van der Waals surface area contributed by atoms with Gasteiger partial charge in [-0.3, -0.25) is 14.8 Å². The molecule has 2 aromatic rings. The van der Waals surface area contributed by atoms with Gasteiger partial charge in [0, 0.05) is 50.7 Å². The molecule has 0 amide bonds. The van der Waals surface area contributed by atoms with Crippen LogP contribution in [0, 0.1) is 0 Å². The van der Waals surface area contributed by atoms with Crippen molar-refractivity contribution in [2.24, 2.45) is 4.99 Å². The van der Waals surface area contributed by atoms with E-state index in [1.807, 2.05) is 18.4 Å². The minimum Gasteiger partial charge on any atom is -0.379 e. The number of thiophene rings is 1. The van der Waals surface area contributed by atoms with Crippen molar-refractivity contribution in [3.8, 4) is 0 Å². The molecule has 2 unspecified atom stereocenters. The zero-order chi connectivity index (χ0) is 21.2. The third-order valence-corrected chi connectivity index (χ3v) is 6.61. The summed E-state index contributed by atoms with van der Waals surface area (Å²) in [5.41, 5.74) is 1.33. The molecule has 2 N–H and O–H groups in total. The quantitative estimate of drug-likeness (QED) is 0.474. The van der Waals surface area contributed by atoms with Crippen molar-refractivity contribution in [2.75, 3.05) is 53.5 Å². The second-order valence-electron chi connectivity index (χ2n) is 7.76. The number of likely N-dealkylation sites (N-methyl/N-ethyl adjacent to an activating group) is 1. The van der Waals surface area contributed by atoms with E-state index >= 15 is 0 Å². The molecule has 6 nitrogen and oxygen atoms in total. The van der Waals surface area contributed by atoms with Crippen LogP contribution in [-0.2, 0) is 11.3 Å². The minimum atomic E-state index is 0.339. The first-order valence-corrected chi connectivity index (χ1v) is 11.6. The molecule has 0 spiro atoms. The van der Waals surface area contributed by atoms with Gasteiger partial charge in [0.25, 0.3) is 0 Å². The molecule has 2 atom stereocenters. The van der Waals surface area contributed by atoms with Gasteiger partial charge in [-0.25, -0.2) is 0 Å². The summed E-state index contributed by atoms with van der Waals surface area (Å²) in [6.07, 6.45) is 0. The first-order chi connectivity index (χ1) is 14.7. The van der Waals surface area contributed by atoms with Gasteiger partial charge in [-0.2, -0.15) is 0 Å². The maximum atomic E-state index is 5.54. The standard InChI is InChI=1S/C23H35N5OS/c1-19(27(3)18-20-8-5-4-6-9-20)16-25-23(24-2)26-17-21(22-10-7-15-30-22)28-11-13-29-14-12-28/h4-10,15,19,21H,11-14,16-18H2,1-3H3,(H2,24,25,26). The van der Waals surface area contributed by atoms with Crippen LogP contribution in [0.1, 0.15) is 23.4 Å². The summed E-state index contributed by atoms with van der Waals surface area (Å²) >= 11 is 1.82. The number of ether oxygens (including phenoxy) is 1. The van der Waals surface area contributed by atoms with Gasteiger partial charge in [-0.05, 0) is 31.0 Å². The number of hydrogen-bond acceptors (Lipinski definition) is 5. The number of guanidine groups is 1. The summed E-state index contributed by atoms with van der Waals surface area (Å²) in [5, 5.41) is 9.19. The van der Waals surface area contributed by atoms with Crippen LogP contribution in [0.15, 0.2) is 52.8 Å². The van der Waals surface area contributed by atoms with Gasteiger partial charge in [-0.15, -0.1) is 11.3 Å². The second-order valence-corrected chi connectivity index (χ2v) is 8.74. The van der Waals surface area contributed by atoms with Crippen LogP contribution in [0.3, 0.4) is 0 Å². The summed E-state index contributed by atoms with van der Waals surface area (Å²) in [7, 11) is 4.00. The van der Waals surface area contributed by atoms with Crippen LogP contribution < -0.4 is 10.6 Å². The molecule has 7 heteroatoms. The Morgan fingerprint density at radius 1 is 1.13 bits per heavy atom. The number of morpholine rings is 1. The lowest BCUT2D eigenvalue weighted by atomic mass is 10.2. The van der Waals surface area contributed by atoms with Gasteiger partial charge >= 0.3 is 0 Å². The van der Waals surface area contributed by atoms with E-state index < -0.39 is 0 Å². The van der Waals surface area contributed by atoms with E-state index in [1.165, 1.54) is 10.4 Å². The number of aliphatic imine (C=N–C) groups is 1. The Bertz CT molecular complexity index is 746. The predicted molar refractivity (Wildman–Crippen MR) is 126 cm³/mol. The third-order valence-electron chi connectivity index (χ3n) is 5.64. The van der Waals surface area contributed by atoms with Gasteiger partial charge < -0.3 is 15.4 Å². The number of hydrogen-bond donors (Lipinski definition) is 2. The van der Waals surface area contributed by atoms with Crippen molar-refractivity contribution in [1.82, 2.24) is 20.4 Å². The summed E-state index contributed by atoms with van der Waals surface area (Å²) in [6, 6.07) is 15.7. The first-order valence-electron chi connectivity index (χ1n) is 10.7.